The average molecular weight is 242 g/mol. The third kappa shape index (κ3) is 4.59. The van der Waals surface area contributed by atoms with E-state index >= 15 is 0 Å². The quantitative estimate of drug-likeness (QED) is 0.512. The van der Waals surface area contributed by atoms with E-state index in [2.05, 4.69) is 20.6 Å². The highest BCUT2D eigenvalue weighted by molar-refractivity contribution is 7.80. The van der Waals surface area contributed by atoms with Gasteiger partial charge in [0.25, 0.3) is 0 Å². The minimum atomic E-state index is 0.0809. The van der Waals surface area contributed by atoms with Crippen molar-refractivity contribution >= 4 is 17.3 Å². The summed E-state index contributed by atoms with van der Waals surface area (Å²) in [5.74, 6) is 0.876. The average Bonchev–Trinajstić information content (AvgIpc) is 2.77. The molecule has 0 aliphatic rings. The van der Waals surface area contributed by atoms with Gasteiger partial charge in [0.15, 0.2) is 5.11 Å². The summed E-state index contributed by atoms with van der Waals surface area (Å²) >= 11 is 5.15. The molecular formula is C10H18N4OS. The molecule has 0 saturated carbocycles. The van der Waals surface area contributed by atoms with Gasteiger partial charge < -0.3 is 20.4 Å². The minimum Gasteiger partial charge on any atom is -0.385 e. The summed E-state index contributed by atoms with van der Waals surface area (Å²) in [5, 5.41) is 6.89. The summed E-state index contributed by atoms with van der Waals surface area (Å²) in [7, 11) is 1.69. The van der Waals surface area contributed by atoms with Gasteiger partial charge in [-0.25, -0.2) is 4.98 Å². The summed E-state index contributed by atoms with van der Waals surface area (Å²) in [6.07, 6.45) is 4.46. The van der Waals surface area contributed by atoms with Crippen LogP contribution in [0.15, 0.2) is 12.4 Å². The molecule has 90 valence electrons. The first-order valence-electron chi connectivity index (χ1n) is 5.26. The van der Waals surface area contributed by atoms with Crippen LogP contribution in [-0.2, 0) is 4.74 Å². The van der Waals surface area contributed by atoms with Crippen molar-refractivity contribution in [2.75, 3.05) is 20.3 Å². The maximum atomic E-state index is 5.15. The number of hydrogen-bond donors (Lipinski definition) is 3. The lowest BCUT2D eigenvalue weighted by Crippen LogP contribution is -2.37. The normalized spacial score (nSPS) is 12.1. The molecule has 5 nitrogen and oxygen atoms in total. The summed E-state index contributed by atoms with van der Waals surface area (Å²) in [5.41, 5.74) is 0. The number of hydrogen-bond acceptors (Lipinski definition) is 3. The van der Waals surface area contributed by atoms with Crippen molar-refractivity contribution in [2.45, 2.75) is 19.4 Å². The van der Waals surface area contributed by atoms with Crippen LogP contribution in [0.2, 0.25) is 0 Å². The molecule has 1 aromatic heterocycles. The van der Waals surface area contributed by atoms with Crippen LogP contribution in [0, 0.1) is 0 Å². The molecule has 0 bridgehead atoms. The zero-order valence-electron chi connectivity index (χ0n) is 9.62. The number of imidazole rings is 1. The van der Waals surface area contributed by atoms with Crippen molar-refractivity contribution in [3.63, 3.8) is 0 Å². The molecule has 0 aliphatic heterocycles. The van der Waals surface area contributed by atoms with Gasteiger partial charge >= 0.3 is 0 Å². The van der Waals surface area contributed by atoms with E-state index in [-0.39, 0.29) is 6.04 Å². The van der Waals surface area contributed by atoms with Crippen LogP contribution in [0.25, 0.3) is 0 Å². The fraction of sp³-hybridized carbons (Fsp3) is 0.600. The predicted octanol–water partition coefficient (Wildman–Crippen LogP) is 0.971. The van der Waals surface area contributed by atoms with E-state index in [0.717, 1.165) is 25.4 Å². The molecule has 16 heavy (non-hydrogen) atoms. The van der Waals surface area contributed by atoms with Gasteiger partial charge in [0.2, 0.25) is 0 Å². The smallest absolute Gasteiger partial charge is 0.166 e. The Morgan fingerprint density at radius 1 is 1.69 bits per heavy atom. The first kappa shape index (κ1) is 12.9. The molecule has 0 amide bonds. The molecule has 0 aromatic carbocycles. The van der Waals surface area contributed by atoms with Gasteiger partial charge in [-0.3, -0.25) is 0 Å². The van der Waals surface area contributed by atoms with E-state index in [9.17, 15) is 0 Å². The van der Waals surface area contributed by atoms with Gasteiger partial charge in [-0.05, 0) is 25.6 Å². The van der Waals surface area contributed by atoms with Gasteiger partial charge in [0, 0.05) is 32.7 Å². The van der Waals surface area contributed by atoms with Gasteiger partial charge in [-0.1, -0.05) is 0 Å². The predicted molar refractivity (Wildman–Crippen MR) is 67.2 cm³/mol. The highest BCUT2D eigenvalue weighted by Gasteiger charge is 2.07. The van der Waals surface area contributed by atoms with Crippen molar-refractivity contribution in [2.24, 2.45) is 0 Å². The zero-order chi connectivity index (χ0) is 11.8. The van der Waals surface area contributed by atoms with E-state index in [0.29, 0.717) is 5.11 Å². The molecular weight excluding hydrogens is 224 g/mol. The van der Waals surface area contributed by atoms with Crippen molar-refractivity contribution < 1.29 is 4.74 Å². The molecule has 0 aliphatic carbocycles. The molecule has 1 heterocycles. The van der Waals surface area contributed by atoms with Crippen LogP contribution in [0.1, 0.15) is 25.2 Å². The van der Waals surface area contributed by atoms with Gasteiger partial charge in [-0.15, -0.1) is 0 Å². The second kappa shape index (κ2) is 7.19. The number of H-pyrrole nitrogens is 1. The lowest BCUT2D eigenvalue weighted by atomic mass is 10.3. The molecule has 0 spiro atoms. The Balaban J connectivity index is 2.19. The summed E-state index contributed by atoms with van der Waals surface area (Å²) in [6.45, 7) is 3.55. The minimum absolute atomic E-state index is 0.0809. The van der Waals surface area contributed by atoms with E-state index in [4.69, 9.17) is 17.0 Å². The van der Waals surface area contributed by atoms with E-state index in [1.165, 1.54) is 0 Å². The summed E-state index contributed by atoms with van der Waals surface area (Å²) < 4.78 is 4.94. The van der Waals surface area contributed by atoms with Gasteiger partial charge in [-0.2, -0.15) is 0 Å². The number of thiocarbonyl (C=S) groups is 1. The summed E-state index contributed by atoms with van der Waals surface area (Å²) in [6, 6.07) is 0.0809. The second-order valence-electron chi connectivity index (χ2n) is 3.44. The number of aromatic nitrogens is 2. The van der Waals surface area contributed by atoms with Crippen LogP contribution in [0.5, 0.6) is 0 Å². The Morgan fingerprint density at radius 3 is 3.12 bits per heavy atom. The Morgan fingerprint density at radius 2 is 2.50 bits per heavy atom. The van der Waals surface area contributed by atoms with Gasteiger partial charge in [0.05, 0.1) is 6.04 Å². The molecule has 3 N–H and O–H groups in total. The highest BCUT2D eigenvalue weighted by Crippen LogP contribution is 2.04. The number of ether oxygens (including phenoxy) is 1. The van der Waals surface area contributed by atoms with Crippen molar-refractivity contribution in [3.05, 3.63) is 18.2 Å². The maximum absolute atomic E-state index is 5.15. The summed E-state index contributed by atoms with van der Waals surface area (Å²) in [4.78, 5) is 7.19. The Bertz CT molecular complexity index is 302. The SMILES string of the molecule is COCCCNC(=S)NC(C)c1ncc[nH]1. The lowest BCUT2D eigenvalue weighted by molar-refractivity contribution is 0.195. The Kier molecular flexibility index (Phi) is 5.81. The van der Waals surface area contributed by atoms with Crippen LogP contribution in [0.3, 0.4) is 0 Å². The molecule has 1 aromatic rings. The van der Waals surface area contributed by atoms with Crippen molar-refractivity contribution in [3.8, 4) is 0 Å². The van der Waals surface area contributed by atoms with Crippen molar-refractivity contribution in [1.29, 1.82) is 0 Å². The number of methoxy groups -OCH3 is 1. The van der Waals surface area contributed by atoms with E-state index in [1.807, 2.05) is 6.92 Å². The molecule has 6 heteroatoms. The Labute approximate surface area is 101 Å². The third-order valence-corrected chi connectivity index (χ3v) is 2.35. The Hall–Kier alpha value is -1.14. The highest BCUT2D eigenvalue weighted by atomic mass is 32.1. The van der Waals surface area contributed by atoms with E-state index in [1.54, 1.807) is 19.5 Å². The lowest BCUT2D eigenvalue weighted by Gasteiger charge is -2.14. The third-order valence-electron chi connectivity index (χ3n) is 2.09. The standard InChI is InChI=1S/C10H18N4OS/c1-8(9-11-5-6-12-9)14-10(16)13-4-3-7-15-2/h5-6,8H,3-4,7H2,1-2H3,(H,11,12)(H2,13,14,16). The first-order valence-corrected chi connectivity index (χ1v) is 5.67. The number of aromatic amines is 1. The first-order chi connectivity index (χ1) is 7.74. The van der Waals surface area contributed by atoms with E-state index < -0.39 is 0 Å². The largest absolute Gasteiger partial charge is 0.385 e. The number of rotatable bonds is 6. The molecule has 0 fully saturated rings. The molecule has 0 radical (unpaired) electrons. The molecule has 0 saturated heterocycles. The monoisotopic (exact) mass is 242 g/mol. The fourth-order valence-electron chi connectivity index (χ4n) is 1.25. The topological polar surface area (TPSA) is 62.0 Å². The number of nitrogens with zero attached hydrogens (tertiary/aromatic N) is 1. The molecule has 1 rings (SSSR count). The maximum Gasteiger partial charge on any atom is 0.166 e. The van der Waals surface area contributed by atoms with Gasteiger partial charge in [0.1, 0.15) is 5.82 Å². The molecule has 1 atom stereocenters. The number of nitrogens with one attached hydrogen (secondary N) is 3. The van der Waals surface area contributed by atoms with Crippen LogP contribution >= 0.6 is 12.2 Å². The van der Waals surface area contributed by atoms with Crippen LogP contribution in [-0.4, -0.2) is 35.3 Å². The van der Waals surface area contributed by atoms with Crippen LogP contribution < -0.4 is 10.6 Å². The fourth-order valence-corrected chi connectivity index (χ4v) is 1.53. The molecule has 1 unspecified atom stereocenters. The zero-order valence-corrected chi connectivity index (χ0v) is 10.4. The van der Waals surface area contributed by atoms with Crippen molar-refractivity contribution in [1.82, 2.24) is 20.6 Å². The second-order valence-corrected chi connectivity index (χ2v) is 3.85. The van der Waals surface area contributed by atoms with Crippen LogP contribution in [0.4, 0.5) is 0 Å².